The van der Waals surface area contributed by atoms with Crippen molar-refractivity contribution in [2.75, 3.05) is 44.0 Å². The van der Waals surface area contributed by atoms with Crippen LogP contribution in [0.3, 0.4) is 0 Å². The summed E-state index contributed by atoms with van der Waals surface area (Å²) >= 11 is 0. The molecule has 0 aliphatic carbocycles. The molecular formula is C25H29N3O4. The zero-order valence-electron chi connectivity index (χ0n) is 18.8. The van der Waals surface area contributed by atoms with E-state index in [0.29, 0.717) is 23.6 Å². The van der Waals surface area contributed by atoms with Crippen LogP contribution in [-0.2, 0) is 4.79 Å². The van der Waals surface area contributed by atoms with E-state index in [1.165, 1.54) is 6.07 Å². The van der Waals surface area contributed by atoms with E-state index in [1.54, 1.807) is 13.2 Å². The maximum Gasteiger partial charge on any atom is 0.338 e. The second kappa shape index (κ2) is 9.44. The number of para-hydroxylation sites is 1. The molecule has 7 nitrogen and oxygen atoms in total. The lowest BCUT2D eigenvalue weighted by molar-refractivity contribution is -0.117. The fourth-order valence-corrected chi connectivity index (χ4v) is 4.13. The lowest BCUT2D eigenvalue weighted by Crippen LogP contribution is -2.38. The Labute approximate surface area is 187 Å². The van der Waals surface area contributed by atoms with E-state index in [2.05, 4.69) is 17.1 Å². The Kier molecular flexibility index (Phi) is 6.46. The lowest BCUT2D eigenvalue weighted by Gasteiger charge is -2.29. The number of hydrogen-bond donors (Lipinski definition) is 1. The molecule has 32 heavy (non-hydrogen) atoms. The fourth-order valence-electron chi connectivity index (χ4n) is 4.13. The van der Waals surface area contributed by atoms with Crippen molar-refractivity contribution in [2.24, 2.45) is 5.92 Å². The molecule has 0 spiro atoms. The van der Waals surface area contributed by atoms with E-state index < -0.39 is 5.63 Å². The summed E-state index contributed by atoms with van der Waals surface area (Å²) in [5, 5.41) is 3.83. The monoisotopic (exact) mass is 435 g/mol. The Bertz CT molecular complexity index is 1170. The number of fused-ring (bicyclic) bond motifs is 1. The highest BCUT2D eigenvalue weighted by Crippen LogP contribution is 2.34. The Balaban J connectivity index is 1.58. The van der Waals surface area contributed by atoms with Gasteiger partial charge in [0.1, 0.15) is 11.3 Å². The van der Waals surface area contributed by atoms with Gasteiger partial charge in [-0.2, -0.15) is 0 Å². The number of piperidine rings is 1. The van der Waals surface area contributed by atoms with Gasteiger partial charge in [0.2, 0.25) is 5.91 Å². The molecule has 1 aliphatic rings. The first kappa shape index (κ1) is 21.9. The largest absolute Gasteiger partial charge is 0.495 e. The van der Waals surface area contributed by atoms with E-state index in [-0.39, 0.29) is 5.91 Å². The summed E-state index contributed by atoms with van der Waals surface area (Å²) in [6, 6.07) is 14.5. The highest BCUT2D eigenvalue weighted by Gasteiger charge is 2.19. The van der Waals surface area contributed by atoms with E-state index in [9.17, 15) is 9.59 Å². The Morgan fingerprint density at radius 3 is 2.69 bits per heavy atom. The average molecular weight is 436 g/mol. The van der Waals surface area contributed by atoms with E-state index in [4.69, 9.17) is 9.15 Å². The summed E-state index contributed by atoms with van der Waals surface area (Å²) in [5.74, 6) is 1.24. The van der Waals surface area contributed by atoms with Crippen LogP contribution < -0.4 is 20.6 Å². The molecule has 1 amide bonds. The van der Waals surface area contributed by atoms with Crippen LogP contribution in [0.2, 0.25) is 0 Å². The molecule has 0 unspecified atom stereocenters. The predicted octanol–water partition coefficient (Wildman–Crippen LogP) is 4.24. The minimum atomic E-state index is -0.413. The number of benzene rings is 2. The molecular weight excluding hydrogens is 406 g/mol. The first-order valence-electron chi connectivity index (χ1n) is 10.9. The Morgan fingerprint density at radius 2 is 1.94 bits per heavy atom. The summed E-state index contributed by atoms with van der Waals surface area (Å²) in [7, 11) is 3.46. The van der Waals surface area contributed by atoms with Crippen LogP contribution in [0.5, 0.6) is 5.75 Å². The number of nitrogens with one attached hydrogen (secondary N) is 1. The number of likely N-dealkylation sites (tertiary alicyclic amines) is 1. The van der Waals surface area contributed by atoms with Gasteiger partial charge < -0.3 is 19.4 Å². The molecule has 168 valence electrons. The second-order valence-corrected chi connectivity index (χ2v) is 8.40. The summed E-state index contributed by atoms with van der Waals surface area (Å²) < 4.78 is 10.8. The third kappa shape index (κ3) is 4.78. The van der Waals surface area contributed by atoms with Gasteiger partial charge in [0.15, 0.2) is 0 Å². The van der Waals surface area contributed by atoms with E-state index >= 15 is 0 Å². The number of amides is 1. The molecule has 1 saturated heterocycles. The van der Waals surface area contributed by atoms with Crippen LogP contribution in [0.25, 0.3) is 11.0 Å². The average Bonchev–Trinajstić information content (AvgIpc) is 2.79. The van der Waals surface area contributed by atoms with Gasteiger partial charge in [0.25, 0.3) is 0 Å². The molecule has 2 aromatic carbocycles. The van der Waals surface area contributed by atoms with Crippen molar-refractivity contribution < 1.29 is 13.9 Å². The predicted molar refractivity (Wildman–Crippen MR) is 127 cm³/mol. The number of ether oxygens (including phenoxy) is 1. The maximum absolute atomic E-state index is 12.7. The normalized spacial score (nSPS) is 15.0. The molecule has 0 atom stereocenters. The second-order valence-electron chi connectivity index (χ2n) is 8.40. The number of anilines is 3. The third-order valence-corrected chi connectivity index (χ3v) is 6.08. The Morgan fingerprint density at radius 1 is 1.19 bits per heavy atom. The van der Waals surface area contributed by atoms with Gasteiger partial charge in [-0.25, -0.2) is 4.79 Å². The number of rotatable bonds is 6. The van der Waals surface area contributed by atoms with E-state index in [0.717, 1.165) is 48.6 Å². The number of carbonyl (C=O) groups is 1. The van der Waals surface area contributed by atoms with Crippen molar-refractivity contribution in [2.45, 2.75) is 19.8 Å². The van der Waals surface area contributed by atoms with Crippen LogP contribution >= 0.6 is 0 Å². The number of carbonyl (C=O) groups excluding carboxylic acids is 1. The molecule has 4 rings (SSSR count). The van der Waals surface area contributed by atoms with Crippen LogP contribution in [-0.4, -0.2) is 44.6 Å². The van der Waals surface area contributed by atoms with Crippen LogP contribution in [0.4, 0.5) is 17.1 Å². The molecule has 0 saturated carbocycles. The smallest absolute Gasteiger partial charge is 0.338 e. The third-order valence-electron chi connectivity index (χ3n) is 6.08. The molecule has 1 fully saturated rings. The van der Waals surface area contributed by atoms with Gasteiger partial charge in [-0.05, 0) is 62.2 Å². The van der Waals surface area contributed by atoms with E-state index in [1.807, 2.05) is 48.3 Å². The zero-order valence-corrected chi connectivity index (χ0v) is 18.8. The quantitative estimate of drug-likeness (QED) is 0.584. The standard InChI is InChI=1S/C25H29N3O4/c1-17-10-12-28(13-11-17)16-24(29)26-20-14-18(8-9-23(20)31-3)27(2)21-15-25(30)32-22-7-5-4-6-19(21)22/h4-9,14-15,17H,10-13,16H2,1-3H3,(H,26,29). The minimum Gasteiger partial charge on any atom is -0.495 e. The van der Waals surface area contributed by atoms with Gasteiger partial charge in [-0.15, -0.1) is 0 Å². The fraction of sp³-hybridized carbons (Fsp3) is 0.360. The summed E-state index contributed by atoms with van der Waals surface area (Å²) in [6.45, 7) is 4.50. The number of hydrogen-bond acceptors (Lipinski definition) is 6. The van der Waals surface area contributed by atoms with Crippen molar-refractivity contribution in [3.05, 3.63) is 59.0 Å². The molecule has 2 heterocycles. The summed E-state index contributed by atoms with van der Waals surface area (Å²) in [5.41, 5.74) is 2.24. The number of methoxy groups -OCH3 is 1. The number of nitrogens with zero attached hydrogens (tertiary/aromatic N) is 2. The van der Waals surface area contributed by atoms with Crippen molar-refractivity contribution >= 4 is 33.9 Å². The molecule has 0 bridgehead atoms. The van der Waals surface area contributed by atoms with Crippen molar-refractivity contribution in [1.82, 2.24) is 4.90 Å². The zero-order chi connectivity index (χ0) is 22.7. The van der Waals surface area contributed by atoms with Crippen molar-refractivity contribution in [1.29, 1.82) is 0 Å². The van der Waals surface area contributed by atoms with Crippen molar-refractivity contribution in [3.63, 3.8) is 0 Å². The highest BCUT2D eigenvalue weighted by molar-refractivity contribution is 5.96. The molecule has 0 radical (unpaired) electrons. The lowest BCUT2D eigenvalue weighted by atomic mass is 9.99. The first-order chi connectivity index (χ1) is 15.4. The first-order valence-corrected chi connectivity index (χ1v) is 10.9. The van der Waals surface area contributed by atoms with Gasteiger partial charge in [-0.1, -0.05) is 19.1 Å². The van der Waals surface area contributed by atoms with Crippen LogP contribution in [0, 0.1) is 5.92 Å². The summed E-state index contributed by atoms with van der Waals surface area (Å²) in [6.07, 6.45) is 2.24. The maximum atomic E-state index is 12.7. The van der Waals surface area contributed by atoms with Gasteiger partial charge >= 0.3 is 5.63 Å². The molecule has 1 aromatic heterocycles. The Hall–Kier alpha value is -3.32. The highest BCUT2D eigenvalue weighted by atomic mass is 16.5. The summed E-state index contributed by atoms with van der Waals surface area (Å²) in [4.78, 5) is 28.9. The minimum absolute atomic E-state index is 0.0662. The SMILES string of the molecule is COc1ccc(N(C)c2cc(=O)oc3ccccc23)cc1NC(=O)CN1CCC(C)CC1. The molecule has 7 heteroatoms. The molecule has 1 N–H and O–H groups in total. The van der Waals surface area contributed by atoms with Gasteiger partial charge in [0.05, 0.1) is 25.0 Å². The van der Waals surface area contributed by atoms with Crippen LogP contribution in [0.15, 0.2) is 57.7 Å². The van der Waals surface area contributed by atoms with Crippen LogP contribution in [0.1, 0.15) is 19.8 Å². The molecule has 1 aliphatic heterocycles. The van der Waals surface area contributed by atoms with Crippen molar-refractivity contribution in [3.8, 4) is 5.75 Å². The molecule has 3 aromatic rings. The van der Waals surface area contributed by atoms with Gasteiger partial charge in [-0.3, -0.25) is 9.69 Å². The topological polar surface area (TPSA) is 75.0 Å². The van der Waals surface area contributed by atoms with Gasteiger partial charge in [0, 0.05) is 24.2 Å².